The Balaban J connectivity index is 2.34. The van der Waals surface area contributed by atoms with Crippen LogP contribution in [0.2, 0.25) is 5.02 Å². The van der Waals surface area contributed by atoms with E-state index >= 15 is 0 Å². The van der Waals surface area contributed by atoms with Crippen molar-refractivity contribution in [1.82, 2.24) is 4.98 Å². The predicted molar refractivity (Wildman–Crippen MR) is 82.0 cm³/mol. The second kappa shape index (κ2) is 6.26. The molecular weight excluding hydrogens is 296 g/mol. The summed E-state index contributed by atoms with van der Waals surface area (Å²) in [5, 5.41) is 3.24. The van der Waals surface area contributed by atoms with Gasteiger partial charge in [0.1, 0.15) is 0 Å². The molecule has 0 amide bonds. The Morgan fingerprint density at radius 1 is 1.19 bits per heavy atom. The molecule has 0 saturated carbocycles. The second-order valence-corrected chi connectivity index (χ2v) is 5.15. The van der Waals surface area contributed by atoms with Crippen LogP contribution in [0.25, 0.3) is 0 Å². The number of aromatic nitrogens is 1. The molecule has 0 aliphatic heterocycles. The van der Waals surface area contributed by atoms with Crippen molar-refractivity contribution >= 4 is 23.2 Å². The first kappa shape index (κ1) is 15.5. The van der Waals surface area contributed by atoms with E-state index in [4.69, 9.17) is 11.6 Å². The van der Waals surface area contributed by atoms with Crippen LogP contribution in [0, 0.1) is 11.6 Å². The second-order valence-electron chi connectivity index (χ2n) is 4.71. The van der Waals surface area contributed by atoms with Gasteiger partial charge in [0.2, 0.25) is 0 Å². The highest BCUT2D eigenvalue weighted by atomic mass is 35.5. The number of hydrogen-bond acceptors (Lipinski definition) is 3. The van der Waals surface area contributed by atoms with Crippen molar-refractivity contribution in [1.29, 1.82) is 0 Å². The summed E-state index contributed by atoms with van der Waals surface area (Å²) in [5.74, 6) is -1.31. The molecule has 1 aromatic heterocycles. The van der Waals surface area contributed by atoms with Crippen molar-refractivity contribution in [2.45, 2.75) is 13.0 Å². The lowest BCUT2D eigenvalue weighted by Gasteiger charge is -2.27. The molecule has 0 fully saturated rings. The largest absolute Gasteiger partial charge is 0.371 e. The molecule has 1 heterocycles. The van der Waals surface area contributed by atoms with E-state index in [2.05, 4.69) is 10.3 Å². The Morgan fingerprint density at radius 3 is 2.38 bits per heavy atom. The number of nitrogens with zero attached hydrogens (tertiary/aromatic N) is 2. The topological polar surface area (TPSA) is 28.2 Å². The summed E-state index contributed by atoms with van der Waals surface area (Å²) < 4.78 is 27.4. The fraction of sp³-hybridized carbons (Fsp3) is 0.267. The third kappa shape index (κ3) is 3.24. The van der Waals surface area contributed by atoms with Gasteiger partial charge in [-0.1, -0.05) is 23.7 Å². The van der Waals surface area contributed by atoms with Crippen molar-refractivity contribution in [3.05, 3.63) is 52.6 Å². The molecule has 112 valence electrons. The summed E-state index contributed by atoms with van der Waals surface area (Å²) in [4.78, 5) is 5.64. The normalized spacial score (nSPS) is 12.1. The smallest absolute Gasteiger partial charge is 0.168 e. The monoisotopic (exact) mass is 311 g/mol. The minimum absolute atomic E-state index is 0.0153. The van der Waals surface area contributed by atoms with Gasteiger partial charge in [0, 0.05) is 25.2 Å². The molecule has 0 saturated heterocycles. The standard InChI is InChI=1S/C15H16ClF2N3/c1-9(10-4-6-11(16)7-5-10)21(3)15-13(18)8-12(17)14(19-2)20-15/h4-9H,1-3H3,(H,19,20). The van der Waals surface area contributed by atoms with Gasteiger partial charge < -0.3 is 10.2 Å². The number of rotatable bonds is 4. The van der Waals surface area contributed by atoms with E-state index in [1.165, 1.54) is 7.05 Å². The molecular formula is C15H16ClF2N3. The lowest BCUT2D eigenvalue weighted by molar-refractivity contribution is 0.567. The van der Waals surface area contributed by atoms with Gasteiger partial charge in [0.25, 0.3) is 0 Å². The number of anilines is 2. The molecule has 0 radical (unpaired) electrons. The zero-order chi connectivity index (χ0) is 15.6. The number of benzene rings is 1. The van der Waals surface area contributed by atoms with Crippen molar-refractivity contribution in [2.75, 3.05) is 24.3 Å². The predicted octanol–water partition coefficient (Wildman–Crippen LogP) is 4.25. The minimum atomic E-state index is -0.716. The molecule has 0 aliphatic carbocycles. The van der Waals surface area contributed by atoms with Gasteiger partial charge in [-0.15, -0.1) is 0 Å². The van der Waals surface area contributed by atoms with Crippen LogP contribution in [0.1, 0.15) is 18.5 Å². The van der Waals surface area contributed by atoms with Gasteiger partial charge in [-0.2, -0.15) is 0 Å². The van der Waals surface area contributed by atoms with E-state index in [1.54, 1.807) is 24.1 Å². The molecule has 1 atom stereocenters. The van der Waals surface area contributed by atoms with Crippen LogP contribution in [0.4, 0.5) is 20.4 Å². The van der Waals surface area contributed by atoms with Gasteiger partial charge in [-0.25, -0.2) is 13.8 Å². The number of nitrogens with one attached hydrogen (secondary N) is 1. The van der Waals surface area contributed by atoms with Crippen LogP contribution in [-0.4, -0.2) is 19.1 Å². The molecule has 0 spiro atoms. The molecule has 21 heavy (non-hydrogen) atoms. The van der Waals surface area contributed by atoms with Crippen LogP contribution in [0.15, 0.2) is 30.3 Å². The third-order valence-corrected chi connectivity index (χ3v) is 3.67. The van der Waals surface area contributed by atoms with Gasteiger partial charge in [-0.05, 0) is 24.6 Å². The first-order chi connectivity index (χ1) is 9.93. The summed E-state index contributed by atoms with van der Waals surface area (Å²) >= 11 is 5.86. The Bertz CT molecular complexity index is 632. The summed E-state index contributed by atoms with van der Waals surface area (Å²) in [5.41, 5.74) is 0.957. The highest BCUT2D eigenvalue weighted by Crippen LogP contribution is 2.28. The lowest BCUT2D eigenvalue weighted by atomic mass is 10.1. The summed E-state index contributed by atoms with van der Waals surface area (Å²) in [6.07, 6.45) is 0. The number of halogens is 3. The maximum Gasteiger partial charge on any atom is 0.168 e. The summed E-state index contributed by atoms with van der Waals surface area (Å²) in [6, 6.07) is 7.97. The lowest BCUT2D eigenvalue weighted by Crippen LogP contribution is -2.24. The van der Waals surface area contributed by atoms with Crippen molar-refractivity contribution in [3.63, 3.8) is 0 Å². The Kier molecular flexibility index (Phi) is 4.63. The Morgan fingerprint density at radius 2 is 1.81 bits per heavy atom. The molecule has 0 aliphatic rings. The van der Waals surface area contributed by atoms with Gasteiger partial charge in [-0.3, -0.25) is 0 Å². The highest BCUT2D eigenvalue weighted by molar-refractivity contribution is 6.30. The zero-order valence-corrected chi connectivity index (χ0v) is 12.7. The molecule has 1 unspecified atom stereocenters. The highest BCUT2D eigenvalue weighted by Gasteiger charge is 2.19. The summed E-state index contributed by atoms with van der Waals surface area (Å²) in [6.45, 7) is 1.91. The molecule has 2 rings (SSSR count). The van der Waals surface area contributed by atoms with Crippen molar-refractivity contribution in [3.8, 4) is 0 Å². The van der Waals surface area contributed by atoms with E-state index in [0.717, 1.165) is 11.6 Å². The van der Waals surface area contributed by atoms with E-state index in [9.17, 15) is 8.78 Å². The average Bonchev–Trinajstić information content (AvgIpc) is 2.47. The fourth-order valence-electron chi connectivity index (χ4n) is 2.03. The SMILES string of the molecule is CNc1nc(N(C)C(C)c2ccc(Cl)cc2)c(F)cc1F. The maximum atomic E-state index is 14.0. The Hall–Kier alpha value is -1.88. The first-order valence-electron chi connectivity index (χ1n) is 6.46. The van der Waals surface area contributed by atoms with Gasteiger partial charge in [0.05, 0.1) is 6.04 Å². The number of hydrogen-bond donors (Lipinski definition) is 1. The van der Waals surface area contributed by atoms with E-state index in [1.807, 2.05) is 19.1 Å². The average molecular weight is 312 g/mol. The first-order valence-corrected chi connectivity index (χ1v) is 6.84. The quantitative estimate of drug-likeness (QED) is 0.915. The van der Waals surface area contributed by atoms with Crippen LogP contribution >= 0.6 is 11.6 Å². The van der Waals surface area contributed by atoms with Gasteiger partial charge in [0.15, 0.2) is 23.3 Å². The molecule has 2 aromatic rings. The maximum absolute atomic E-state index is 14.0. The van der Waals surface area contributed by atoms with Crippen molar-refractivity contribution < 1.29 is 8.78 Å². The van der Waals surface area contributed by atoms with Crippen LogP contribution < -0.4 is 10.2 Å². The number of pyridine rings is 1. The zero-order valence-electron chi connectivity index (χ0n) is 12.0. The van der Waals surface area contributed by atoms with E-state index in [0.29, 0.717) is 5.02 Å². The van der Waals surface area contributed by atoms with E-state index < -0.39 is 11.6 Å². The summed E-state index contributed by atoms with van der Waals surface area (Å²) in [7, 11) is 3.25. The third-order valence-electron chi connectivity index (χ3n) is 3.42. The van der Waals surface area contributed by atoms with Crippen LogP contribution in [-0.2, 0) is 0 Å². The minimum Gasteiger partial charge on any atom is -0.371 e. The molecule has 0 bridgehead atoms. The molecule has 1 N–H and O–H groups in total. The molecule has 1 aromatic carbocycles. The molecule has 3 nitrogen and oxygen atoms in total. The van der Waals surface area contributed by atoms with Crippen LogP contribution in [0.3, 0.4) is 0 Å². The van der Waals surface area contributed by atoms with Crippen LogP contribution in [0.5, 0.6) is 0 Å². The van der Waals surface area contributed by atoms with E-state index in [-0.39, 0.29) is 17.7 Å². The molecule has 6 heteroatoms. The fourth-order valence-corrected chi connectivity index (χ4v) is 2.15. The Labute approximate surface area is 127 Å². The van der Waals surface area contributed by atoms with Crippen molar-refractivity contribution in [2.24, 2.45) is 0 Å². The van der Waals surface area contributed by atoms with Gasteiger partial charge >= 0.3 is 0 Å².